The van der Waals surface area contributed by atoms with E-state index in [1.807, 2.05) is 54.6 Å². The smallest absolute Gasteiger partial charge is 0.231 e. The van der Waals surface area contributed by atoms with Gasteiger partial charge in [-0.25, -0.2) is 4.39 Å². The number of halogens is 1. The van der Waals surface area contributed by atoms with Crippen LogP contribution in [0.3, 0.4) is 0 Å². The second-order valence-corrected chi connectivity index (χ2v) is 12.1. The summed E-state index contributed by atoms with van der Waals surface area (Å²) in [5.41, 5.74) is 3.92. The van der Waals surface area contributed by atoms with Crippen LogP contribution in [0.25, 0.3) is 0 Å². The minimum Gasteiger partial charge on any atom is -0.454 e. The highest BCUT2D eigenvalue weighted by molar-refractivity contribution is 5.47. The zero-order valence-corrected chi connectivity index (χ0v) is 23.1. The van der Waals surface area contributed by atoms with Gasteiger partial charge in [0.05, 0.1) is 25.7 Å². The van der Waals surface area contributed by atoms with Gasteiger partial charge in [0.15, 0.2) is 11.5 Å². The Morgan fingerprint density at radius 2 is 1.39 bits per heavy atom. The van der Waals surface area contributed by atoms with Gasteiger partial charge in [0.2, 0.25) is 6.79 Å². The fraction of sp³-hybridized carbons (Fsp3) is 0.306. The van der Waals surface area contributed by atoms with Crippen LogP contribution in [0.15, 0.2) is 103 Å². The van der Waals surface area contributed by atoms with Crippen LogP contribution in [0.2, 0.25) is 0 Å². The Morgan fingerprint density at radius 3 is 2.02 bits per heavy atom. The lowest BCUT2D eigenvalue weighted by molar-refractivity contribution is -0.934. The van der Waals surface area contributed by atoms with E-state index >= 15 is 0 Å². The van der Waals surface area contributed by atoms with E-state index in [1.165, 1.54) is 11.1 Å². The monoisotopic (exact) mass is 545 g/mol. The number of hydrogen-bond acceptors (Lipinski definition) is 3. The van der Waals surface area contributed by atoms with Crippen molar-refractivity contribution in [2.24, 2.45) is 17.8 Å². The molecule has 5 heteroatoms. The van der Waals surface area contributed by atoms with Gasteiger partial charge in [-0.05, 0) is 53.3 Å². The molecular formula is C36H34FN2O2+. The summed E-state index contributed by atoms with van der Waals surface area (Å²) in [4.78, 5) is 0. The van der Waals surface area contributed by atoms with E-state index in [0.717, 1.165) is 66.1 Å². The van der Waals surface area contributed by atoms with Gasteiger partial charge < -0.3 is 14.0 Å². The summed E-state index contributed by atoms with van der Waals surface area (Å²) in [6.07, 6.45) is 1.78. The Hall–Kier alpha value is -4.14. The molecule has 4 aromatic carbocycles. The zero-order chi connectivity index (χ0) is 27.9. The van der Waals surface area contributed by atoms with Gasteiger partial charge in [-0.3, -0.25) is 0 Å². The Bertz CT molecular complexity index is 1510. The van der Waals surface area contributed by atoms with E-state index in [-0.39, 0.29) is 12.6 Å². The lowest BCUT2D eigenvalue weighted by Crippen LogP contribution is -2.49. The van der Waals surface area contributed by atoms with Gasteiger partial charge in [-0.1, -0.05) is 78.9 Å². The molecule has 0 bridgehead atoms. The van der Waals surface area contributed by atoms with Crippen LogP contribution in [0, 0.1) is 34.9 Å². The number of likely N-dealkylation sites (tertiary alicyclic amines) is 1. The van der Waals surface area contributed by atoms with Gasteiger partial charge in [0.25, 0.3) is 0 Å². The third-order valence-electron chi connectivity index (χ3n) is 9.71. The minimum atomic E-state index is -0.656. The predicted octanol–water partition coefficient (Wildman–Crippen LogP) is 6.89. The lowest BCUT2D eigenvalue weighted by Gasteiger charge is -2.38. The first-order chi connectivity index (χ1) is 20.1. The van der Waals surface area contributed by atoms with Gasteiger partial charge in [-0.15, -0.1) is 0 Å². The Balaban J connectivity index is 1.13. The third-order valence-corrected chi connectivity index (χ3v) is 9.71. The van der Waals surface area contributed by atoms with Gasteiger partial charge in [0, 0.05) is 23.8 Å². The van der Waals surface area contributed by atoms with Crippen molar-refractivity contribution in [3.63, 3.8) is 0 Å². The summed E-state index contributed by atoms with van der Waals surface area (Å²) in [6, 6.07) is 36.7. The first-order valence-electron chi connectivity index (χ1n) is 14.6. The van der Waals surface area contributed by atoms with Crippen molar-refractivity contribution < 1.29 is 18.3 Å². The number of fused-ring (bicyclic) bond motifs is 2. The molecule has 2 unspecified atom stereocenters. The molecular weight excluding hydrogens is 511 g/mol. The van der Waals surface area contributed by atoms with Crippen molar-refractivity contribution in [3.05, 3.63) is 131 Å². The number of nitrogens with zero attached hydrogens (tertiary/aromatic N) is 2. The van der Waals surface area contributed by atoms with Crippen molar-refractivity contribution in [2.45, 2.75) is 24.8 Å². The highest BCUT2D eigenvalue weighted by Crippen LogP contribution is 2.60. The summed E-state index contributed by atoms with van der Waals surface area (Å²) in [6.45, 7) is 4.36. The summed E-state index contributed by atoms with van der Waals surface area (Å²) in [7, 11) is 0. The molecule has 1 saturated heterocycles. The predicted molar refractivity (Wildman–Crippen MR) is 156 cm³/mol. The van der Waals surface area contributed by atoms with E-state index < -0.39 is 5.41 Å². The molecule has 4 nitrogen and oxygen atoms in total. The van der Waals surface area contributed by atoms with Crippen LogP contribution in [-0.4, -0.2) is 30.9 Å². The Labute approximate surface area is 241 Å². The van der Waals surface area contributed by atoms with Crippen LogP contribution in [-0.2, 0) is 18.4 Å². The molecule has 1 saturated carbocycles. The standard InChI is InChI=1S/C36H34FN2O2/c37-30-14-11-27(12-15-30)21-39(18-17-26-13-16-34-35(19-26)41-25-40-34)22-32-31(33(32)23-39)20-36(24-38,28-7-3-1-4-8-28)29-9-5-2-6-10-29/h1-16,19,31-33H,17-18,20-23,25H2/q+1. The maximum absolute atomic E-state index is 13.7. The van der Waals surface area contributed by atoms with Gasteiger partial charge in [-0.2, -0.15) is 5.26 Å². The number of quaternary nitrogens is 1. The summed E-state index contributed by atoms with van der Waals surface area (Å²) < 4.78 is 25.8. The third kappa shape index (κ3) is 4.87. The quantitative estimate of drug-likeness (QED) is 0.215. The number of piperidine rings is 1. The Kier molecular flexibility index (Phi) is 6.52. The van der Waals surface area contributed by atoms with Crippen LogP contribution in [0.4, 0.5) is 4.39 Å². The number of ether oxygens (including phenoxy) is 2. The van der Waals surface area contributed by atoms with E-state index in [1.54, 1.807) is 12.1 Å². The number of hydrogen-bond donors (Lipinski definition) is 0. The molecule has 7 rings (SSSR count). The fourth-order valence-corrected chi connectivity index (χ4v) is 7.54. The second-order valence-electron chi connectivity index (χ2n) is 12.1. The highest BCUT2D eigenvalue weighted by atomic mass is 19.1. The summed E-state index contributed by atoms with van der Waals surface area (Å²) >= 11 is 0. The van der Waals surface area contributed by atoms with Crippen molar-refractivity contribution >= 4 is 0 Å². The topological polar surface area (TPSA) is 42.2 Å². The minimum absolute atomic E-state index is 0.195. The SMILES string of the molecule is N#CC(CC1C2C[N+](CCc3ccc4c(c3)OCO4)(Cc3ccc(F)cc3)CC12)(c1ccccc1)c1ccccc1. The maximum atomic E-state index is 13.7. The largest absolute Gasteiger partial charge is 0.454 e. The van der Waals surface area contributed by atoms with Gasteiger partial charge >= 0.3 is 0 Å². The van der Waals surface area contributed by atoms with E-state index in [4.69, 9.17) is 9.47 Å². The molecule has 2 atom stereocenters. The molecule has 0 aromatic heterocycles. The van der Waals surface area contributed by atoms with Crippen LogP contribution < -0.4 is 9.47 Å². The second kappa shape index (κ2) is 10.4. The molecule has 0 amide bonds. The molecule has 2 aliphatic heterocycles. The first-order valence-corrected chi connectivity index (χ1v) is 14.6. The van der Waals surface area contributed by atoms with Gasteiger partial charge in [0.1, 0.15) is 17.8 Å². The first kappa shape index (κ1) is 25.8. The number of benzene rings is 4. The van der Waals surface area contributed by atoms with Crippen molar-refractivity contribution in [2.75, 3.05) is 26.4 Å². The van der Waals surface area contributed by atoms with E-state index in [9.17, 15) is 9.65 Å². The molecule has 4 aromatic rings. The van der Waals surface area contributed by atoms with E-state index in [2.05, 4.69) is 42.5 Å². The molecule has 1 aliphatic carbocycles. The molecule has 0 radical (unpaired) electrons. The molecule has 2 heterocycles. The van der Waals surface area contributed by atoms with Crippen molar-refractivity contribution in [3.8, 4) is 17.6 Å². The van der Waals surface area contributed by atoms with Crippen LogP contribution >= 0.6 is 0 Å². The normalized spacial score (nSPS) is 24.0. The highest BCUT2D eigenvalue weighted by Gasteiger charge is 2.64. The summed E-state index contributed by atoms with van der Waals surface area (Å²) in [5.74, 6) is 3.14. The average molecular weight is 546 g/mol. The van der Waals surface area contributed by atoms with Crippen molar-refractivity contribution in [1.29, 1.82) is 5.26 Å². The Morgan fingerprint density at radius 1 is 0.780 bits per heavy atom. The molecule has 206 valence electrons. The fourth-order valence-electron chi connectivity index (χ4n) is 7.54. The van der Waals surface area contributed by atoms with E-state index in [0.29, 0.717) is 17.8 Å². The summed E-state index contributed by atoms with van der Waals surface area (Å²) in [5, 5.41) is 10.7. The zero-order valence-electron chi connectivity index (χ0n) is 23.1. The maximum Gasteiger partial charge on any atom is 0.231 e. The average Bonchev–Trinajstić information content (AvgIpc) is 3.33. The molecule has 41 heavy (non-hydrogen) atoms. The number of rotatable bonds is 9. The molecule has 0 N–H and O–H groups in total. The number of nitriles is 1. The van der Waals surface area contributed by atoms with Crippen LogP contribution in [0.1, 0.15) is 28.7 Å². The molecule has 3 aliphatic rings. The molecule has 0 spiro atoms. The lowest BCUT2D eigenvalue weighted by atomic mass is 9.71. The molecule has 2 fully saturated rings. The van der Waals surface area contributed by atoms with Crippen molar-refractivity contribution in [1.82, 2.24) is 0 Å². The van der Waals surface area contributed by atoms with Crippen LogP contribution in [0.5, 0.6) is 11.5 Å².